The van der Waals surface area contributed by atoms with Crippen LogP contribution >= 0.6 is 0 Å². The van der Waals surface area contributed by atoms with E-state index in [1.807, 2.05) is 0 Å². The molecule has 0 heterocycles. The lowest BCUT2D eigenvalue weighted by molar-refractivity contribution is -0.491. The number of hydrazine groups is 1. The van der Waals surface area contributed by atoms with Crippen LogP contribution in [0.4, 0.5) is 0 Å². The lowest BCUT2D eigenvalue weighted by Crippen LogP contribution is -2.04. The summed E-state index contributed by atoms with van der Waals surface area (Å²) in [6.45, 7) is 0. The highest BCUT2D eigenvalue weighted by atomic mass is 16.7. The van der Waals surface area contributed by atoms with Gasteiger partial charge in [0.25, 0.3) is 0 Å². The minimum Gasteiger partial charge on any atom is -0.412 e. The van der Waals surface area contributed by atoms with Crippen LogP contribution < -0.4 is 5.84 Å². The first-order chi connectivity index (χ1) is 1.73. The van der Waals surface area contributed by atoms with Crippen molar-refractivity contribution in [1.82, 2.24) is 0 Å². The van der Waals surface area contributed by atoms with Crippen molar-refractivity contribution in [2.75, 3.05) is 0 Å². The molecule has 0 aromatic heterocycles. The van der Waals surface area contributed by atoms with Crippen LogP contribution in [0.25, 0.3) is 0 Å². The zero-order valence-corrected chi connectivity index (χ0v) is 2.34. The molecule has 32 valence electrons. The van der Waals surface area contributed by atoms with Crippen LogP contribution in [0.3, 0.4) is 0 Å². The summed E-state index contributed by atoms with van der Waals surface area (Å²) >= 11 is 0. The summed E-state index contributed by atoms with van der Waals surface area (Å²) in [5.74, 6) is 3.83. The predicted octanol–water partition coefficient (Wildman–Crippen LogP) is -1.69. The third-order valence-electron chi connectivity index (χ3n) is 0. The summed E-state index contributed by atoms with van der Waals surface area (Å²) in [5, 5.41) is 7.58. The highest BCUT2D eigenvalue weighted by molar-refractivity contribution is 3.87. The summed E-state index contributed by atoms with van der Waals surface area (Å²) in [4.78, 5) is 8.58. The Hall–Kier alpha value is -0.840. The van der Waals surface area contributed by atoms with Gasteiger partial charge in [0.15, 0.2) is 5.03 Å². The molecule has 0 aromatic rings. The van der Waals surface area contributed by atoms with Crippen LogP contribution in [-0.4, -0.2) is 10.5 Å². The molecule has 0 aromatic carbocycles. The van der Waals surface area contributed by atoms with Crippen molar-refractivity contribution in [2.45, 2.75) is 0 Å². The van der Waals surface area contributed by atoms with E-state index in [4.69, 9.17) is 10.1 Å². The van der Waals surface area contributed by atoms with Gasteiger partial charge in [-0.05, 0) is 0 Å². The van der Waals surface area contributed by atoms with Crippen LogP contribution in [0, 0.1) is 10.1 Å². The van der Waals surface area contributed by atoms with Gasteiger partial charge in [-0.1, -0.05) is 0 Å². The summed E-state index contributed by atoms with van der Waals surface area (Å²) in [7, 11) is 0. The maximum atomic E-state index is 8.58. The number of nitrogens with two attached hydrogens (primary N) is 1. The molecule has 0 aliphatic heterocycles. The second kappa shape index (κ2) is 3.16. The van der Waals surface area contributed by atoms with Gasteiger partial charge in [-0.3, -0.25) is 0 Å². The monoisotopic (exact) mass is 80.0 g/mol. The lowest BCUT2D eigenvalue weighted by Gasteiger charge is -1.61. The van der Waals surface area contributed by atoms with Crippen molar-refractivity contribution in [1.29, 1.82) is 0 Å². The Kier molecular flexibility index (Phi) is 5.63. The summed E-state index contributed by atoms with van der Waals surface area (Å²) < 4.78 is 0. The fourth-order valence-electron chi connectivity index (χ4n) is 0. The first-order valence-electron chi connectivity index (χ1n) is 0.623. The van der Waals surface area contributed by atoms with Crippen molar-refractivity contribution in [3.8, 4) is 0 Å². The van der Waals surface area contributed by atoms with Crippen molar-refractivity contribution in [3.05, 3.63) is 10.1 Å². The zero-order valence-electron chi connectivity index (χ0n) is 2.34. The molecule has 5 nitrogen and oxygen atoms in total. The van der Waals surface area contributed by atoms with Crippen molar-refractivity contribution in [2.24, 2.45) is 5.84 Å². The van der Waals surface area contributed by atoms with Gasteiger partial charge in [-0.15, -0.1) is 0 Å². The standard InChI is InChI=1S/H2N2O2.H2O/c1-2(3)4;/h1H2;1H2. The average Bonchev–Trinajstić information content (AvgIpc) is 0.811. The minimum absolute atomic E-state index is 0. The molecule has 4 N–H and O–H groups in total. The van der Waals surface area contributed by atoms with E-state index in [9.17, 15) is 0 Å². The highest BCUT2D eigenvalue weighted by Gasteiger charge is 1.57. The number of nitro groups is 1. The Morgan fingerprint density at radius 1 is 1.80 bits per heavy atom. The Bertz CT molecular complexity index is 27.9. The van der Waals surface area contributed by atoms with E-state index in [0.717, 1.165) is 0 Å². The van der Waals surface area contributed by atoms with Crippen LogP contribution in [-0.2, 0) is 0 Å². The molecule has 0 bridgehead atoms. The summed E-state index contributed by atoms with van der Waals surface area (Å²) in [5.41, 5.74) is 0. The van der Waals surface area contributed by atoms with E-state index in [0.29, 0.717) is 0 Å². The third-order valence-corrected chi connectivity index (χ3v) is 0. The van der Waals surface area contributed by atoms with Gasteiger partial charge in [-0.2, -0.15) is 5.84 Å². The SMILES string of the molecule is N[N+](=O)[O-].O. The lowest BCUT2D eigenvalue weighted by atomic mass is 12.8. The van der Waals surface area contributed by atoms with Gasteiger partial charge < -0.3 is 5.48 Å². The van der Waals surface area contributed by atoms with Gasteiger partial charge in [0.1, 0.15) is 0 Å². The largest absolute Gasteiger partial charge is 0.412 e. The molecule has 0 unspecified atom stereocenters. The van der Waals surface area contributed by atoms with Gasteiger partial charge in [-0.25, -0.2) is 10.1 Å². The zero-order chi connectivity index (χ0) is 3.58. The summed E-state index contributed by atoms with van der Waals surface area (Å²) in [6.07, 6.45) is 0. The van der Waals surface area contributed by atoms with Crippen molar-refractivity contribution >= 4 is 0 Å². The second-order valence-corrected chi connectivity index (χ2v) is 0.285. The van der Waals surface area contributed by atoms with Gasteiger partial charge in [0.2, 0.25) is 0 Å². The maximum absolute atomic E-state index is 8.58. The predicted molar refractivity (Wildman–Crippen MR) is 14.8 cm³/mol. The molecule has 5 heteroatoms. The van der Waals surface area contributed by atoms with Gasteiger partial charge >= 0.3 is 0 Å². The minimum atomic E-state index is -1.00. The van der Waals surface area contributed by atoms with E-state index in [1.165, 1.54) is 0 Å². The molecule has 0 amide bonds. The average molecular weight is 80.0 g/mol. The van der Waals surface area contributed by atoms with Crippen LogP contribution in [0.2, 0.25) is 0 Å². The van der Waals surface area contributed by atoms with Crippen LogP contribution in [0.15, 0.2) is 0 Å². The normalized spacial score (nSPS) is 4.80. The molecule has 0 saturated heterocycles. The number of rotatable bonds is 0. The number of hydrogen-bond acceptors (Lipinski definition) is 2. The van der Waals surface area contributed by atoms with E-state index < -0.39 is 5.03 Å². The number of nitrogens with zero attached hydrogens (tertiary/aromatic N) is 1. The van der Waals surface area contributed by atoms with Crippen LogP contribution in [0.1, 0.15) is 0 Å². The quantitative estimate of drug-likeness (QED) is 0.213. The molecular formula is H4N2O3. The fourth-order valence-corrected chi connectivity index (χ4v) is 0. The van der Waals surface area contributed by atoms with Gasteiger partial charge in [0.05, 0.1) is 0 Å². The fraction of sp³-hybridized carbons (Fsp3) is 0. The van der Waals surface area contributed by atoms with E-state index in [-0.39, 0.29) is 5.48 Å². The Morgan fingerprint density at radius 3 is 1.80 bits per heavy atom. The highest BCUT2D eigenvalue weighted by Crippen LogP contribution is 1.29. The maximum Gasteiger partial charge on any atom is 0.154 e. The van der Waals surface area contributed by atoms with E-state index in [1.54, 1.807) is 0 Å². The number of hydrogen-bond donors (Lipinski definition) is 1. The van der Waals surface area contributed by atoms with Crippen molar-refractivity contribution < 1.29 is 10.5 Å². The van der Waals surface area contributed by atoms with Gasteiger partial charge in [0, 0.05) is 0 Å². The molecule has 0 fully saturated rings. The molecule has 0 rings (SSSR count). The topological polar surface area (TPSA) is 101 Å². The molecule has 0 saturated carbocycles. The smallest absolute Gasteiger partial charge is 0.154 e. The van der Waals surface area contributed by atoms with Crippen LogP contribution in [0.5, 0.6) is 0 Å². The molecule has 0 radical (unpaired) electrons. The molecule has 0 aliphatic rings. The Labute approximate surface area is 27.8 Å². The van der Waals surface area contributed by atoms with E-state index in [2.05, 4.69) is 5.84 Å². The first kappa shape index (κ1) is 8.90. The third kappa shape index (κ3) is 6.03. The Balaban J connectivity index is 0. The first-order valence-corrected chi connectivity index (χ1v) is 0.623. The molecule has 0 atom stereocenters. The molecular weight excluding hydrogens is 76.0 g/mol. The Morgan fingerprint density at radius 2 is 1.80 bits per heavy atom. The summed E-state index contributed by atoms with van der Waals surface area (Å²) in [6, 6.07) is 0. The molecule has 5 heavy (non-hydrogen) atoms. The molecule has 0 spiro atoms. The van der Waals surface area contributed by atoms with Crippen molar-refractivity contribution in [3.63, 3.8) is 0 Å². The van der Waals surface area contributed by atoms with E-state index >= 15 is 0 Å². The molecule has 0 aliphatic carbocycles. The second-order valence-electron chi connectivity index (χ2n) is 0.285.